The van der Waals surface area contributed by atoms with Crippen molar-refractivity contribution in [1.82, 2.24) is 15.1 Å². The van der Waals surface area contributed by atoms with Crippen molar-refractivity contribution in [2.24, 2.45) is 0 Å². The lowest BCUT2D eigenvalue weighted by molar-refractivity contribution is -0.0445. The minimum absolute atomic E-state index is 0.0470. The van der Waals surface area contributed by atoms with Crippen LogP contribution >= 0.6 is 0 Å². The van der Waals surface area contributed by atoms with Gasteiger partial charge in [0.1, 0.15) is 0 Å². The van der Waals surface area contributed by atoms with Crippen LogP contribution in [-0.2, 0) is 11.3 Å². The number of nitrogens with one attached hydrogen (secondary N) is 1. The zero-order valence-corrected chi connectivity index (χ0v) is 12.7. The summed E-state index contributed by atoms with van der Waals surface area (Å²) in [6, 6.07) is 0.544. The molecule has 2 heterocycles. The fraction of sp³-hybridized carbons (Fsp3) is 0.800. The van der Waals surface area contributed by atoms with Crippen LogP contribution in [0.1, 0.15) is 51.3 Å². The molecule has 1 fully saturated rings. The molecule has 1 aliphatic heterocycles. The summed E-state index contributed by atoms with van der Waals surface area (Å²) in [6.45, 7) is 11.5. The maximum Gasteiger partial charge on any atom is 0.0629 e. The second-order valence-electron chi connectivity index (χ2n) is 6.56. The number of likely N-dealkylation sites (tertiary alicyclic amines) is 1. The molecule has 0 radical (unpaired) electrons. The van der Waals surface area contributed by atoms with Crippen molar-refractivity contribution in [2.45, 2.75) is 65.1 Å². The minimum Gasteiger partial charge on any atom is -0.374 e. The van der Waals surface area contributed by atoms with Crippen LogP contribution in [0.5, 0.6) is 0 Å². The number of rotatable bonds is 4. The molecule has 0 aliphatic carbocycles. The highest BCUT2D eigenvalue weighted by Gasteiger charge is 2.25. The Kier molecular flexibility index (Phi) is 4.63. The van der Waals surface area contributed by atoms with Crippen LogP contribution in [0.15, 0.2) is 6.20 Å². The Morgan fingerprint density at radius 2 is 2.21 bits per heavy atom. The van der Waals surface area contributed by atoms with Crippen molar-refractivity contribution in [2.75, 3.05) is 13.2 Å². The van der Waals surface area contributed by atoms with E-state index < -0.39 is 0 Å². The third-order valence-corrected chi connectivity index (χ3v) is 3.77. The Morgan fingerprint density at radius 1 is 1.42 bits per heavy atom. The second kappa shape index (κ2) is 6.06. The highest BCUT2D eigenvalue weighted by atomic mass is 16.5. The highest BCUT2D eigenvalue weighted by molar-refractivity contribution is 5.14. The molecule has 0 aromatic carbocycles. The van der Waals surface area contributed by atoms with Crippen LogP contribution < -0.4 is 0 Å². The molecule has 0 spiro atoms. The number of hydrogen-bond donors (Lipinski definition) is 1. The van der Waals surface area contributed by atoms with Gasteiger partial charge in [0.15, 0.2) is 0 Å². The quantitative estimate of drug-likeness (QED) is 0.910. The van der Waals surface area contributed by atoms with Gasteiger partial charge in [0, 0.05) is 23.8 Å². The molecule has 4 nitrogen and oxygen atoms in total. The Bertz CT molecular complexity index is 394. The third-order valence-electron chi connectivity index (χ3n) is 3.77. The predicted molar refractivity (Wildman–Crippen MR) is 77.1 cm³/mol. The number of aromatic amines is 1. The van der Waals surface area contributed by atoms with Crippen LogP contribution in [-0.4, -0.2) is 39.9 Å². The zero-order chi connectivity index (χ0) is 13.9. The van der Waals surface area contributed by atoms with E-state index in [9.17, 15) is 0 Å². The second-order valence-corrected chi connectivity index (χ2v) is 6.56. The first kappa shape index (κ1) is 14.5. The number of ether oxygens (including phenoxy) is 1. The molecule has 1 aliphatic rings. The first-order valence-electron chi connectivity index (χ1n) is 7.32. The van der Waals surface area contributed by atoms with Gasteiger partial charge in [0.05, 0.1) is 18.4 Å². The van der Waals surface area contributed by atoms with Crippen LogP contribution in [0.2, 0.25) is 0 Å². The average molecular weight is 265 g/mol. The molecule has 1 atom stereocenters. The van der Waals surface area contributed by atoms with E-state index in [1.54, 1.807) is 0 Å². The van der Waals surface area contributed by atoms with Gasteiger partial charge in [-0.2, -0.15) is 5.10 Å². The molecule has 2 rings (SSSR count). The summed E-state index contributed by atoms with van der Waals surface area (Å²) in [7, 11) is 0. The summed E-state index contributed by atoms with van der Waals surface area (Å²) in [4.78, 5) is 2.55. The molecule has 0 saturated carbocycles. The number of nitrogens with zero attached hydrogens (tertiary/aromatic N) is 2. The number of H-pyrrole nitrogens is 1. The number of aromatic nitrogens is 2. The summed E-state index contributed by atoms with van der Waals surface area (Å²) in [5, 5.41) is 7.14. The standard InChI is InChI=1S/C15H27N3O/c1-12-13(9-16-17-12)10-18-8-6-5-7-14(18)11-19-15(2,3)4/h9,14H,5-8,10-11H2,1-4H3,(H,16,17). The lowest BCUT2D eigenvalue weighted by atomic mass is 10.0. The van der Waals surface area contributed by atoms with Crippen LogP contribution in [0.25, 0.3) is 0 Å². The van der Waals surface area contributed by atoms with Crippen LogP contribution in [0, 0.1) is 6.92 Å². The van der Waals surface area contributed by atoms with E-state index in [1.807, 2.05) is 6.20 Å². The molecule has 4 heteroatoms. The van der Waals surface area contributed by atoms with Gasteiger partial charge in [-0.05, 0) is 47.1 Å². The van der Waals surface area contributed by atoms with E-state index in [1.165, 1.54) is 37.1 Å². The highest BCUT2D eigenvalue weighted by Crippen LogP contribution is 2.22. The van der Waals surface area contributed by atoms with E-state index in [0.717, 1.165) is 13.2 Å². The normalized spacial score (nSPS) is 21.8. The fourth-order valence-corrected chi connectivity index (χ4v) is 2.56. The molecular weight excluding hydrogens is 238 g/mol. The average Bonchev–Trinajstić information content (AvgIpc) is 2.73. The summed E-state index contributed by atoms with van der Waals surface area (Å²) < 4.78 is 5.98. The van der Waals surface area contributed by atoms with E-state index in [2.05, 4.69) is 42.8 Å². The lowest BCUT2D eigenvalue weighted by Crippen LogP contribution is -2.43. The van der Waals surface area contributed by atoms with Gasteiger partial charge in [-0.1, -0.05) is 6.42 Å². The van der Waals surface area contributed by atoms with Gasteiger partial charge in [0.25, 0.3) is 0 Å². The van der Waals surface area contributed by atoms with Crippen molar-refractivity contribution in [3.63, 3.8) is 0 Å². The van der Waals surface area contributed by atoms with E-state index in [-0.39, 0.29) is 5.60 Å². The van der Waals surface area contributed by atoms with E-state index >= 15 is 0 Å². The molecule has 19 heavy (non-hydrogen) atoms. The van der Waals surface area contributed by atoms with Crippen LogP contribution in [0.4, 0.5) is 0 Å². The number of piperidine rings is 1. The topological polar surface area (TPSA) is 41.2 Å². The molecule has 1 aromatic rings. The zero-order valence-electron chi connectivity index (χ0n) is 12.7. The molecule has 1 aromatic heterocycles. The van der Waals surface area contributed by atoms with Crippen molar-refractivity contribution in [1.29, 1.82) is 0 Å². The third kappa shape index (κ3) is 4.32. The first-order chi connectivity index (χ1) is 8.96. The fourth-order valence-electron chi connectivity index (χ4n) is 2.56. The smallest absolute Gasteiger partial charge is 0.0629 e. The molecule has 0 bridgehead atoms. The van der Waals surface area contributed by atoms with Gasteiger partial charge >= 0.3 is 0 Å². The number of aryl methyl sites for hydroxylation is 1. The molecule has 1 saturated heterocycles. The molecule has 0 amide bonds. The van der Waals surface area contributed by atoms with Gasteiger partial charge in [-0.3, -0.25) is 10.00 Å². The van der Waals surface area contributed by atoms with E-state index in [4.69, 9.17) is 4.74 Å². The minimum atomic E-state index is -0.0470. The molecule has 108 valence electrons. The maximum atomic E-state index is 5.98. The van der Waals surface area contributed by atoms with Crippen molar-refractivity contribution < 1.29 is 4.74 Å². The summed E-state index contributed by atoms with van der Waals surface area (Å²) in [6.07, 6.45) is 5.81. The van der Waals surface area contributed by atoms with Gasteiger partial charge in [0.2, 0.25) is 0 Å². The Morgan fingerprint density at radius 3 is 2.84 bits per heavy atom. The number of hydrogen-bond acceptors (Lipinski definition) is 3. The maximum absolute atomic E-state index is 5.98. The molecule has 1 unspecified atom stereocenters. The van der Waals surface area contributed by atoms with Crippen molar-refractivity contribution >= 4 is 0 Å². The van der Waals surface area contributed by atoms with Gasteiger partial charge < -0.3 is 4.74 Å². The Balaban J connectivity index is 1.94. The summed E-state index contributed by atoms with van der Waals surface area (Å²) in [5.41, 5.74) is 2.44. The first-order valence-corrected chi connectivity index (χ1v) is 7.32. The van der Waals surface area contributed by atoms with Crippen LogP contribution in [0.3, 0.4) is 0 Å². The Labute approximate surface area is 116 Å². The van der Waals surface area contributed by atoms with Gasteiger partial charge in [-0.25, -0.2) is 0 Å². The SMILES string of the molecule is Cc1[nH]ncc1CN1CCCCC1COC(C)(C)C. The Hall–Kier alpha value is -0.870. The monoisotopic (exact) mass is 265 g/mol. The lowest BCUT2D eigenvalue weighted by Gasteiger charge is -2.37. The van der Waals surface area contributed by atoms with Gasteiger partial charge in [-0.15, -0.1) is 0 Å². The predicted octanol–water partition coefficient (Wildman–Crippen LogP) is 2.89. The summed E-state index contributed by atoms with van der Waals surface area (Å²) >= 11 is 0. The molecule has 1 N–H and O–H groups in total. The molecular formula is C15H27N3O. The van der Waals surface area contributed by atoms with Crippen molar-refractivity contribution in [3.8, 4) is 0 Å². The largest absolute Gasteiger partial charge is 0.374 e. The van der Waals surface area contributed by atoms with Crippen molar-refractivity contribution in [3.05, 3.63) is 17.5 Å². The van der Waals surface area contributed by atoms with E-state index in [0.29, 0.717) is 6.04 Å². The summed E-state index contributed by atoms with van der Waals surface area (Å²) in [5.74, 6) is 0.